The topological polar surface area (TPSA) is 44.3 Å². The Morgan fingerprint density at radius 1 is 1.13 bits per heavy atom. The predicted octanol–water partition coefficient (Wildman–Crippen LogP) is 3.67. The predicted molar refractivity (Wildman–Crippen MR) is 93.5 cm³/mol. The van der Waals surface area contributed by atoms with Crippen LogP contribution >= 0.6 is 0 Å². The van der Waals surface area contributed by atoms with Gasteiger partial charge < -0.3 is 0 Å². The fraction of sp³-hybridized carbons (Fsp3) is 0.474. The van der Waals surface area contributed by atoms with E-state index >= 15 is 0 Å². The van der Waals surface area contributed by atoms with Crippen LogP contribution in [-0.2, 0) is 12.0 Å². The highest BCUT2D eigenvalue weighted by Crippen LogP contribution is 2.46. The van der Waals surface area contributed by atoms with Crippen LogP contribution in [0.1, 0.15) is 42.3 Å². The van der Waals surface area contributed by atoms with Crippen LogP contribution in [-0.4, -0.2) is 33.9 Å². The van der Waals surface area contributed by atoms with Crippen molar-refractivity contribution in [1.29, 1.82) is 0 Å². The molecule has 4 heteroatoms. The number of benzene rings is 1. The molecule has 2 aliphatic rings. The Morgan fingerprint density at radius 2 is 1.87 bits per heavy atom. The highest BCUT2D eigenvalue weighted by molar-refractivity contribution is 6.00. The molecule has 4 rings (SSSR count). The van der Waals surface area contributed by atoms with Crippen molar-refractivity contribution in [3.05, 3.63) is 46.8 Å². The summed E-state index contributed by atoms with van der Waals surface area (Å²) >= 11 is 0. The van der Waals surface area contributed by atoms with Crippen molar-refractivity contribution in [2.75, 3.05) is 13.1 Å². The molecule has 23 heavy (non-hydrogen) atoms. The number of aromatic nitrogens is 2. The standard InChI is InChI=1S/C19H24N4/c1-13-16(14(2)22-21-13)12-23-10-8-19(9-11-23)15(3)20-18-7-5-4-6-17(18)19/h4-7H,8-12H2,1-3H3,(H,21,22). The quantitative estimate of drug-likeness (QED) is 0.920. The number of hydrogen-bond donors (Lipinski definition) is 1. The number of fused-ring (bicyclic) bond motifs is 2. The molecule has 2 aromatic rings. The number of aryl methyl sites for hydroxylation is 2. The maximum absolute atomic E-state index is 4.84. The van der Waals surface area contributed by atoms with E-state index in [-0.39, 0.29) is 5.41 Å². The minimum Gasteiger partial charge on any atom is -0.299 e. The van der Waals surface area contributed by atoms with E-state index < -0.39 is 0 Å². The molecule has 1 spiro atoms. The van der Waals surface area contributed by atoms with Crippen molar-refractivity contribution >= 4 is 11.4 Å². The van der Waals surface area contributed by atoms with Crippen LogP contribution in [0.25, 0.3) is 0 Å². The third-order valence-electron chi connectivity index (χ3n) is 5.77. The van der Waals surface area contributed by atoms with E-state index in [4.69, 9.17) is 4.99 Å². The normalized spacial score (nSPS) is 19.9. The molecule has 120 valence electrons. The van der Waals surface area contributed by atoms with Gasteiger partial charge in [0.15, 0.2) is 0 Å². The number of likely N-dealkylation sites (tertiary alicyclic amines) is 1. The smallest absolute Gasteiger partial charge is 0.0670 e. The number of nitrogens with one attached hydrogen (secondary N) is 1. The zero-order valence-corrected chi connectivity index (χ0v) is 14.2. The molecule has 0 unspecified atom stereocenters. The fourth-order valence-corrected chi connectivity index (χ4v) is 4.21. The number of para-hydroxylation sites is 1. The minimum absolute atomic E-state index is 0.174. The van der Waals surface area contributed by atoms with Gasteiger partial charge in [0.2, 0.25) is 0 Å². The molecule has 3 heterocycles. The third kappa shape index (κ3) is 2.24. The first-order chi connectivity index (χ1) is 11.1. The van der Waals surface area contributed by atoms with Gasteiger partial charge in [-0.1, -0.05) is 18.2 Å². The Balaban J connectivity index is 1.53. The van der Waals surface area contributed by atoms with Gasteiger partial charge in [-0.05, 0) is 58.3 Å². The number of nitrogens with zero attached hydrogens (tertiary/aromatic N) is 3. The number of piperidine rings is 1. The van der Waals surface area contributed by atoms with Crippen LogP contribution in [0.15, 0.2) is 29.3 Å². The molecule has 0 radical (unpaired) electrons. The molecular formula is C19H24N4. The van der Waals surface area contributed by atoms with Crippen LogP contribution in [0.4, 0.5) is 5.69 Å². The Morgan fingerprint density at radius 3 is 2.57 bits per heavy atom. The zero-order valence-electron chi connectivity index (χ0n) is 14.2. The Hall–Kier alpha value is -1.94. The summed E-state index contributed by atoms with van der Waals surface area (Å²) < 4.78 is 0. The molecule has 1 aromatic heterocycles. The van der Waals surface area contributed by atoms with Gasteiger partial charge >= 0.3 is 0 Å². The molecule has 0 aliphatic carbocycles. The van der Waals surface area contributed by atoms with Crippen LogP contribution in [0.2, 0.25) is 0 Å². The molecule has 1 fully saturated rings. The van der Waals surface area contributed by atoms with Crippen LogP contribution < -0.4 is 0 Å². The average Bonchev–Trinajstić information content (AvgIpc) is 3.02. The molecule has 1 saturated heterocycles. The summed E-state index contributed by atoms with van der Waals surface area (Å²) in [7, 11) is 0. The number of rotatable bonds is 2. The van der Waals surface area contributed by atoms with Crippen molar-refractivity contribution in [3.8, 4) is 0 Å². The van der Waals surface area contributed by atoms with E-state index in [9.17, 15) is 0 Å². The highest BCUT2D eigenvalue weighted by Gasteiger charge is 2.43. The molecular weight excluding hydrogens is 284 g/mol. The van der Waals surface area contributed by atoms with E-state index in [0.717, 1.165) is 38.2 Å². The second-order valence-electron chi connectivity index (χ2n) is 6.99. The van der Waals surface area contributed by atoms with E-state index in [1.165, 1.54) is 28.2 Å². The van der Waals surface area contributed by atoms with Gasteiger partial charge in [-0.3, -0.25) is 15.0 Å². The van der Waals surface area contributed by atoms with Crippen molar-refractivity contribution in [3.63, 3.8) is 0 Å². The van der Waals surface area contributed by atoms with E-state index in [2.05, 4.69) is 60.1 Å². The summed E-state index contributed by atoms with van der Waals surface area (Å²) in [5, 5.41) is 7.42. The van der Waals surface area contributed by atoms with Gasteiger partial charge in [0.25, 0.3) is 0 Å². The first-order valence-electron chi connectivity index (χ1n) is 8.48. The maximum atomic E-state index is 4.84. The van der Waals surface area contributed by atoms with Gasteiger partial charge in [-0.2, -0.15) is 5.10 Å². The van der Waals surface area contributed by atoms with Crippen molar-refractivity contribution in [1.82, 2.24) is 15.1 Å². The summed E-state index contributed by atoms with van der Waals surface area (Å²) in [4.78, 5) is 7.40. The van der Waals surface area contributed by atoms with Gasteiger partial charge in [0.1, 0.15) is 0 Å². The number of H-pyrrole nitrogens is 1. The van der Waals surface area contributed by atoms with Crippen molar-refractivity contribution in [2.45, 2.75) is 45.6 Å². The van der Waals surface area contributed by atoms with Gasteiger partial charge in [-0.15, -0.1) is 0 Å². The Kier molecular flexibility index (Phi) is 3.38. The third-order valence-corrected chi connectivity index (χ3v) is 5.77. The molecule has 1 N–H and O–H groups in total. The lowest BCUT2D eigenvalue weighted by atomic mass is 9.71. The van der Waals surface area contributed by atoms with Crippen LogP contribution in [0.5, 0.6) is 0 Å². The number of hydrogen-bond acceptors (Lipinski definition) is 3. The first kappa shape index (κ1) is 14.6. The van der Waals surface area contributed by atoms with Crippen molar-refractivity contribution < 1.29 is 0 Å². The molecule has 0 atom stereocenters. The van der Waals surface area contributed by atoms with Crippen molar-refractivity contribution in [2.24, 2.45) is 4.99 Å². The second-order valence-corrected chi connectivity index (χ2v) is 6.99. The lowest BCUT2D eigenvalue weighted by Gasteiger charge is -2.40. The van der Waals surface area contributed by atoms with Gasteiger partial charge in [0.05, 0.1) is 11.4 Å². The van der Waals surface area contributed by atoms with E-state index in [0.29, 0.717) is 0 Å². The first-order valence-corrected chi connectivity index (χ1v) is 8.48. The molecule has 1 aromatic carbocycles. The maximum Gasteiger partial charge on any atom is 0.0670 e. The van der Waals surface area contributed by atoms with Crippen LogP contribution in [0, 0.1) is 13.8 Å². The zero-order chi connectivity index (χ0) is 16.0. The lowest BCUT2D eigenvalue weighted by Crippen LogP contribution is -2.45. The Labute approximate surface area is 137 Å². The number of aliphatic imine (C=N–C) groups is 1. The second kappa shape index (κ2) is 5.31. The summed E-state index contributed by atoms with van der Waals surface area (Å²) in [6.07, 6.45) is 2.32. The summed E-state index contributed by atoms with van der Waals surface area (Å²) in [6, 6.07) is 8.67. The number of aromatic amines is 1. The molecule has 4 nitrogen and oxygen atoms in total. The molecule has 0 saturated carbocycles. The minimum atomic E-state index is 0.174. The summed E-state index contributed by atoms with van der Waals surface area (Å²) in [6.45, 7) is 9.65. The summed E-state index contributed by atoms with van der Waals surface area (Å²) in [5.41, 5.74) is 7.78. The lowest BCUT2D eigenvalue weighted by molar-refractivity contribution is 0.184. The van der Waals surface area contributed by atoms with Gasteiger partial charge in [0, 0.05) is 28.9 Å². The molecule has 2 aliphatic heterocycles. The Bertz CT molecular complexity index is 744. The van der Waals surface area contributed by atoms with E-state index in [1.807, 2.05) is 0 Å². The van der Waals surface area contributed by atoms with Gasteiger partial charge in [-0.25, -0.2) is 0 Å². The van der Waals surface area contributed by atoms with E-state index in [1.54, 1.807) is 0 Å². The van der Waals surface area contributed by atoms with Crippen LogP contribution in [0.3, 0.4) is 0 Å². The highest BCUT2D eigenvalue weighted by atomic mass is 15.2. The fourth-order valence-electron chi connectivity index (χ4n) is 4.21. The molecule has 0 bridgehead atoms. The average molecular weight is 308 g/mol. The summed E-state index contributed by atoms with van der Waals surface area (Å²) in [5.74, 6) is 0. The monoisotopic (exact) mass is 308 g/mol. The SMILES string of the molecule is CC1=Nc2ccccc2C12CCN(Cc1c(C)n[nH]c1C)CC2. The molecule has 0 amide bonds. The largest absolute Gasteiger partial charge is 0.299 e.